The van der Waals surface area contributed by atoms with Gasteiger partial charge in [0.25, 0.3) is 5.56 Å². The molecule has 0 aliphatic carbocycles. The molecule has 234 valence electrons. The number of esters is 1. The van der Waals surface area contributed by atoms with Crippen LogP contribution in [0.15, 0.2) is 53.3 Å². The number of carbonyl (C=O) groups excluding carboxylic acids is 3. The van der Waals surface area contributed by atoms with Crippen molar-refractivity contribution in [1.29, 1.82) is 0 Å². The van der Waals surface area contributed by atoms with Gasteiger partial charge in [0, 0.05) is 47.9 Å². The monoisotopic (exact) mass is 622 g/mol. The Morgan fingerprint density at radius 3 is 2.25 bits per heavy atom. The topological polar surface area (TPSA) is 111 Å². The minimum absolute atomic E-state index is 0.0277. The van der Waals surface area contributed by atoms with E-state index in [1.54, 1.807) is 43.9 Å². The Morgan fingerprint density at radius 1 is 1.00 bits per heavy atom. The number of ether oxygens (including phenoxy) is 2. The van der Waals surface area contributed by atoms with E-state index in [0.29, 0.717) is 35.3 Å². The van der Waals surface area contributed by atoms with Crippen LogP contribution in [0.2, 0.25) is 5.02 Å². The quantitative estimate of drug-likeness (QED) is 0.243. The number of amides is 1. The van der Waals surface area contributed by atoms with Gasteiger partial charge in [-0.15, -0.1) is 5.10 Å². The molecule has 1 aromatic heterocycles. The van der Waals surface area contributed by atoms with E-state index in [1.807, 2.05) is 24.3 Å². The SMILES string of the molecule is COc1nn(C(Cc2ccc(N3CCN(C(C)C)CC3=O)cc2)C(=O)OC(C)(C)C)c(=O)cc1-c1cc(Cl)ccc1C(C)=O. The van der Waals surface area contributed by atoms with Crippen molar-refractivity contribution in [3.63, 3.8) is 0 Å². The molecule has 4 rings (SSSR count). The minimum atomic E-state index is -1.13. The maximum Gasteiger partial charge on any atom is 0.331 e. The Balaban J connectivity index is 1.70. The van der Waals surface area contributed by atoms with Crippen LogP contribution in [0.1, 0.15) is 63.5 Å². The van der Waals surface area contributed by atoms with E-state index in [4.69, 9.17) is 21.1 Å². The van der Waals surface area contributed by atoms with E-state index in [0.717, 1.165) is 22.5 Å². The minimum Gasteiger partial charge on any atom is -0.480 e. The largest absolute Gasteiger partial charge is 0.480 e. The smallest absolute Gasteiger partial charge is 0.331 e. The first kappa shape index (κ1) is 32.9. The number of hydrogen-bond acceptors (Lipinski definition) is 8. The molecule has 1 unspecified atom stereocenters. The van der Waals surface area contributed by atoms with E-state index in [9.17, 15) is 19.2 Å². The first-order valence-corrected chi connectivity index (χ1v) is 14.9. The van der Waals surface area contributed by atoms with E-state index in [1.165, 1.54) is 20.1 Å². The second-order valence-corrected chi connectivity index (χ2v) is 12.6. The predicted octanol–water partition coefficient (Wildman–Crippen LogP) is 4.96. The third-order valence-electron chi connectivity index (χ3n) is 7.40. The first-order valence-electron chi connectivity index (χ1n) is 14.5. The maximum absolute atomic E-state index is 13.6. The van der Waals surface area contributed by atoms with Crippen LogP contribution in [0.5, 0.6) is 5.88 Å². The molecule has 11 heteroatoms. The van der Waals surface area contributed by atoms with Gasteiger partial charge in [0.2, 0.25) is 11.8 Å². The maximum atomic E-state index is 13.6. The van der Waals surface area contributed by atoms with Crippen LogP contribution < -0.4 is 15.2 Å². The fourth-order valence-electron chi connectivity index (χ4n) is 5.15. The second-order valence-electron chi connectivity index (χ2n) is 12.1. The molecule has 0 N–H and O–H groups in total. The summed E-state index contributed by atoms with van der Waals surface area (Å²) >= 11 is 6.23. The number of ketones is 1. The molecule has 1 aliphatic rings. The summed E-state index contributed by atoms with van der Waals surface area (Å²) in [6.45, 7) is 12.5. The summed E-state index contributed by atoms with van der Waals surface area (Å²) in [4.78, 5) is 56.2. The van der Waals surface area contributed by atoms with Gasteiger partial charge in [-0.1, -0.05) is 23.7 Å². The molecule has 1 aliphatic heterocycles. The van der Waals surface area contributed by atoms with Gasteiger partial charge in [0.15, 0.2) is 11.8 Å². The fourth-order valence-corrected chi connectivity index (χ4v) is 5.32. The molecule has 1 atom stereocenters. The molecular weight excluding hydrogens is 584 g/mol. The number of halogens is 1. The number of anilines is 1. The van der Waals surface area contributed by atoms with Crippen molar-refractivity contribution in [2.24, 2.45) is 0 Å². The highest BCUT2D eigenvalue weighted by atomic mass is 35.5. The van der Waals surface area contributed by atoms with Gasteiger partial charge in [-0.05, 0) is 83.0 Å². The third-order valence-corrected chi connectivity index (χ3v) is 7.63. The summed E-state index contributed by atoms with van der Waals surface area (Å²) in [5, 5.41) is 4.81. The molecule has 1 amide bonds. The van der Waals surface area contributed by atoms with Crippen LogP contribution in [0, 0.1) is 0 Å². The van der Waals surface area contributed by atoms with E-state index >= 15 is 0 Å². The first-order chi connectivity index (χ1) is 20.7. The van der Waals surface area contributed by atoms with Gasteiger partial charge in [-0.2, -0.15) is 0 Å². The molecule has 0 bridgehead atoms. The molecule has 10 nitrogen and oxygen atoms in total. The van der Waals surface area contributed by atoms with Gasteiger partial charge in [-0.25, -0.2) is 9.48 Å². The number of carbonyl (C=O) groups is 3. The lowest BCUT2D eigenvalue weighted by atomic mass is 9.98. The van der Waals surface area contributed by atoms with Crippen molar-refractivity contribution in [3.8, 4) is 17.0 Å². The number of benzene rings is 2. The number of Topliss-reactive ketones (excluding diaryl/α,β-unsaturated/α-hetero) is 1. The van der Waals surface area contributed by atoms with Crippen molar-refractivity contribution < 1.29 is 23.9 Å². The zero-order valence-corrected chi connectivity index (χ0v) is 27.0. The fraction of sp³-hybridized carbons (Fsp3) is 0.424. The second kappa shape index (κ2) is 13.3. The zero-order chi connectivity index (χ0) is 32.3. The Hall–Kier alpha value is -4.02. The van der Waals surface area contributed by atoms with Crippen molar-refractivity contribution >= 4 is 34.9 Å². The summed E-state index contributed by atoms with van der Waals surface area (Å²) in [5.74, 6) is -0.795. The van der Waals surface area contributed by atoms with Crippen molar-refractivity contribution in [1.82, 2.24) is 14.7 Å². The number of rotatable bonds is 9. The molecular formula is C33H39ClN4O6. The lowest BCUT2D eigenvalue weighted by Crippen LogP contribution is -2.52. The summed E-state index contributed by atoms with van der Waals surface area (Å²) in [5.41, 5.74) is 1.12. The van der Waals surface area contributed by atoms with Gasteiger partial charge in [0.05, 0.1) is 19.2 Å². The van der Waals surface area contributed by atoms with Crippen molar-refractivity contribution in [2.75, 3.05) is 31.6 Å². The third kappa shape index (κ3) is 7.54. The van der Waals surface area contributed by atoms with Gasteiger partial charge < -0.3 is 14.4 Å². The highest BCUT2D eigenvalue weighted by Gasteiger charge is 2.31. The van der Waals surface area contributed by atoms with Crippen LogP contribution in [0.3, 0.4) is 0 Å². The normalized spacial score (nSPS) is 14.9. The zero-order valence-electron chi connectivity index (χ0n) is 26.2. The molecule has 0 saturated carbocycles. The standard InChI is InChI=1S/C33H39ClN4O6/c1-20(2)36-14-15-37(30(41)19-36)24-11-8-22(9-12-24)16-28(32(42)44-33(4,5)6)38-29(40)18-27(31(35-38)43-7)26-17-23(34)10-13-25(26)21(3)39/h8-13,17-18,20,28H,14-16,19H2,1-7H3. The highest BCUT2D eigenvalue weighted by Crippen LogP contribution is 2.33. The van der Waals surface area contributed by atoms with Crippen LogP contribution in [-0.4, -0.2) is 70.7 Å². The Kier molecular flexibility index (Phi) is 9.95. The van der Waals surface area contributed by atoms with Crippen LogP contribution in [-0.2, 0) is 20.7 Å². The van der Waals surface area contributed by atoms with E-state index in [-0.39, 0.29) is 29.6 Å². The molecule has 2 aromatic carbocycles. The summed E-state index contributed by atoms with van der Waals surface area (Å²) in [7, 11) is 1.39. The van der Waals surface area contributed by atoms with Gasteiger partial charge in [-0.3, -0.25) is 19.3 Å². The van der Waals surface area contributed by atoms with Crippen molar-refractivity contribution in [3.05, 3.63) is 75.0 Å². The summed E-state index contributed by atoms with van der Waals surface area (Å²) in [6, 6.07) is 12.5. The average Bonchev–Trinajstić information content (AvgIpc) is 2.95. The van der Waals surface area contributed by atoms with Crippen LogP contribution in [0.25, 0.3) is 11.1 Å². The predicted molar refractivity (Wildman–Crippen MR) is 170 cm³/mol. The number of piperazine rings is 1. The van der Waals surface area contributed by atoms with Gasteiger partial charge in [0.1, 0.15) is 5.60 Å². The molecule has 2 heterocycles. The van der Waals surface area contributed by atoms with Crippen LogP contribution in [0.4, 0.5) is 5.69 Å². The number of hydrogen-bond donors (Lipinski definition) is 0. The molecule has 44 heavy (non-hydrogen) atoms. The molecule has 1 fully saturated rings. The molecule has 0 spiro atoms. The molecule has 3 aromatic rings. The number of nitrogens with zero attached hydrogens (tertiary/aromatic N) is 4. The van der Waals surface area contributed by atoms with E-state index < -0.39 is 23.2 Å². The van der Waals surface area contributed by atoms with Crippen LogP contribution >= 0.6 is 11.6 Å². The number of aromatic nitrogens is 2. The van der Waals surface area contributed by atoms with E-state index in [2.05, 4.69) is 23.8 Å². The Morgan fingerprint density at radius 2 is 1.68 bits per heavy atom. The highest BCUT2D eigenvalue weighted by molar-refractivity contribution is 6.31. The molecule has 0 radical (unpaired) electrons. The Labute approximate surface area is 262 Å². The molecule has 1 saturated heterocycles. The summed E-state index contributed by atoms with van der Waals surface area (Å²) < 4.78 is 12.3. The van der Waals surface area contributed by atoms with Crippen molar-refractivity contribution in [2.45, 2.75) is 65.6 Å². The lowest BCUT2D eigenvalue weighted by molar-refractivity contribution is -0.159. The van der Waals surface area contributed by atoms with Gasteiger partial charge >= 0.3 is 5.97 Å². The Bertz CT molecular complexity index is 1610. The number of methoxy groups -OCH3 is 1. The summed E-state index contributed by atoms with van der Waals surface area (Å²) in [6.07, 6.45) is 0.0928. The lowest BCUT2D eigenvalue weighted by Gasteiger charge is -2.36. The average molecular weight is 623 g/mol.